The Morgan fingerprint density at radius 2 is 2.05 bits per heavy atom. The monoisotopic (exact) mass is 347 g/mol. The maximum absolute atomic E-state index is 14.2. The van der Waals surface area contributed by atoms with Gasteiger partial charge in [-0.3, -0.25) is 0 Å². The zero-order chi connectivity index (χ0) is 15.0. The minimum absolute atomic E-state index is 0.250. The molecule has 2 unspecified atom stereocenters. The number of nitriles is 1. The van der Waals surface area contributed by atoms with Gasteiger partial charge in [0.2, 0.25) is 5.79 Å². The third kappa shape index (κ3) is 2.41. The summed E-state index contributed by atoms with van der Waals surface area (Å²) in [6.07, 6.45) is 0. The van der Waals surface area contributed by atoms with Gasteiger partial charge in [0.25, 0.3) is 0 Å². The Morgan fingerprint density at radius 3 is 2.76 bits per heavy atom. The topological polar surface area (TPSA) is 42.2 Å². The summed E-state index contributed by atoms with van der Waals surface area (Å²) in [4.78, 5) is 0. The highest BCUT2D eigenvalue weighted by Crippen LogP contribution is 2.46. The lowest BCUT2D eigenvalue weighted by Gasteiger charge is -2.38. The molecule has 2 aromatic rings. The van der Waals surface area contributed by atoms with Crippen molar-refractivity contribution in [2.75, 3.05) is 0 Å². The quantitative estimate of drug-likeness (QED) is 0.719. The third-order valence-corrected chi connectivity index (χ3v) is 4.06. The van der Waals surface area contributed by atoms with Gasteiger partial charge in [-0.2, -0.15) is 5.26 Å². The molecule has 0 saturated heterocycles. The van der Waals surface area contributed by atoms with E-state index in [9.17, 15) is 4.39 Å². The van der Waals surface area contributed by atoms with Gasteiger partial charge in [0, 0.05) is 12.5 Å². The number of ether oxygens (including phenoxy) is 2. The lowest BCUT2D eigenvalue weighted by molar-refractivity contribution is -0.204. The predicted molar refractivity (Wildman–Crippen MR) is 78.3 cm³/mol. The number of hydrogen-bond donors (Lipinski definition) is 0. The summed E-state index contributed by atoms with van der Waals surface area (Å²) < 4.78 is 25.9. The molecule has 2 aromatic carbocycles. The van der Waals surface area contributed by atoms with Gasteiger partial charge in [0.05, 0.1) is 17.2 Å². The van der Waals surface area contributed by atoms with Crippen molar-refractivity contribution in [3.63, 3.8) is 0 Å². The standard InChI is InChI=1S/C16H11BrFNO2/c1-16(12-7-6-10(9-19)8-13(12)18)20-14-5-3-2-4-11(14)15(17)21-16/h2-8,15H,1H3. The van der Waals surface area contributed by atoms with Gasteiger partial charge in [-0.25, -0.2) is 4.39 Å². The summed E-state index contributed by atoms with van der Waals surface area (Å²) in [7, 11) is 0. The van der Waals surface area contributed by atoms with Crippen LogP contribution in [0, 0.1) is 17.1 Å². The second-order valence-electron chi connectivity index (χ2n) is 4.83. The lowest BCUT2D eigenvalue weighted by Crippen LogP contribution is -2.37. The van der Waals surface area contributed by atoms with Crippen molar-refractivity contribution in [1.29, 1.82) is 5.26 Å². The first kappa shape index (κ1) is 14.1. The Bertz CT molecular complexity index is 743. The van der Waals surface area contributed by atoms with E-state index >= 15 is 0 Å². The van der Waals surface area contributed by atoms with Gasteiger partial charge in [-0.05, 0) is 24.3 Å². The average molecular weight is 348 g/mol. The first-order valence-corrected chi connectivity index (χ1v) is 7.25. The minimum Gasteiger partial charge on any atom is -0.458 e. The van der Waals surface area contributed by atoms with Gasteiger partial charge >= 0.3 is 0 Å². The van der Waals surface area contributed by atoms with Crippen molar-refractivity contribution in [1.82, 2.24) is 0 Å². The van der Waals surface area contributed by atoms with E-state index < -0.39 is 16.6 Å². The lowest BCUT2D eigenvalue weighted by atomic mass is 10.0. The molecule has 5 heteroatoms. The molecule has 3 rings (SSSR count). The van der Waals surface area contributed by atoms with Crippen LogP contribution >= 0.6 is 15.9 Å². The summed E-state index contributed by atoms with van der Waals surface area (Å²) in [6.45, 7) is 1.65. The molecule has 1 heterocycles. The molecule has 0 saturated carbocycles. The first-order chi connectivity index (χ1) is 10.0. The van der Waals surface area contributed by atoms with Gasteiger partial charge < -0.3 is 9.47 Å². The molecule has 0 amide bonds. The van der Waals surface area contributed by atoms with Crippen molar-refractivity contribution < 1.29 is 13.9 Å². The van der Waals surface area contributed by atoms with Gasteiger partial charge in [0.15, 0.2) is 0 Å². The SMILES string of the molecule is CC1(c2ccc(C#N)cc2F)Oc2ccccc2C(Br)O1. The Hall–Kier alpha value is -1.90. The number of para-hydroxylation sites is 1. The minimum atomic E-state index is -1.26. The van der Waals surface area contributed by atoms with Crippen LogP contribution in [0.5, 0.6) is 5.75 Å². The highest BCUT2D eigenvalue weighted by atomic mass is 79.9. The molecule has 0 spiro atoms. The number of nitrogens with zero attached hydrogens (tertiary/aromatic N) is 1. The molecule has 1 aliphatic heterocycles. The summed E-state index contributed by atoms with van der Waals surface area (Å²) in [5.41, 5.74) is 1.36. The van der Waals surface area contributed by atoms with Crippen molar-refractivity contribution in [2.24, 2.45) is 0 Å². The largest absolute Gasteiger partial charge is 0.458 e. The summed E-state index contributed by atoms with van der Waals surface area (Å²) in [5, 5.41) is 8.41. The number of alkyl halides is 1. The van der Waals surface area contributed by atoms with Crippen LogP contribution in [0.2, 0.25) is 0 Å². The number of rotatable bonds is 1. The summed E-state index contributed by atoms with van der Waals surface area (Å²) in [5.74, 6) is -1.16. The number of benzene rings is 2. The first-order valence-electron chi connectivity index (χ1n) is 6.33. The van der Waals surface area contributed by atoms with Crippen LogP contribution in [0.1, 0.15) is 28.6 Å². The van der Waals surface area contributed by atoms with Crippen LogP contribution in [0.4, 0.5) is 4.39 Å². The van der Waals surface area contributed by atoms with Gasteiger partial charge in [-0.15, -0.1) is 0 Å². The second kappa shape index (κ2) is 5.14. The Labute approximate surface area is 130 Å². The zero-order valence-corrected chi connectivity index (χ0v) is 12.7. The molecule has 3 nitrogen and oxygen atoms in total. The molecular weight excluding hydrogens is 337 g/mol. The highest BCUT2D eigenvalue weighted by molar-refractivity contribution is 9.09. The fourth-order valence-corrected chi connectivity index (χ4v) is 3.06. The fourth-order valence-electron chi connectivity index (χ4n) is 2.33. The van der Waals surface area contributed by atoms with E-state index in [-0.39, 0.29) is 11.1 Å². The zero-order valence-electron chi connectivity index (χ0n) is 11.1. The van der Waals surface area contributed by atoms with E-state index in [4.69, 9.17) is 14.7 Å². The molecule has 0 radical (unpaired) electrons. The van der Waals surface area contributed by atoms with Gasteiger partial charge in [-0.1, -0.05) is 34.1 Å². The normalized spacial score (nSPS) is 23.8. The van der Waals surface area contributed by atoms with E-state index in [2.05, 4.69) is 15.9 Å². The van der Waals surface area contributed by atoms with E-state index in [1.165, 1.54) is 12.1 Å². The van der Waals surface area contributed by atoms with Crippen molar-refractivity contribution >= 4 is 15.9 Å². The molecule has 106 valence electrons. The molecule has 0 bridgehead atoms. The molecule has 0 N–H and O–H groups in total. The summed E-state index contributed by atoms with van der Waals surface area (Å²) >= 11 is 3.44. The van der Waals surface area contributed by atoms with Crippen LogP contribution in [-0.2, 0) is 10.5 Å². The number of hydrogen-bond acceptors (Lipinski definition) is 3. The maximum Gasteiger partial charge on any atom is 0.238 e. The molecule has 0 aromatic heterocycles. The fraction of sp³-hybridized carbons (Fsp3) is 0.188. The number of fused-ring (bicyclic) bond motifs is 1. The Kier molecular flexibility index (Phi) is 3.44. The van der Waals surface area contributed by atoms with Crippen molar-refractivity contribution in [3.8, 4) is 11.8 Å². The smallest absolute Gasteiger partial charge is 0.238 e. The molecule has 0 fully saturated rings. The maximum atomic E-state index is 14.2. The van der Waals surface area contributed by atoms with Crippen LogP contribution in [0.25, 0.3) is 0 Å². The second-order valence-corrected chi connectivity index (χ2v) is 5.66. The van der Waals surface area contributed by atoms with Crippen LogP contribution in [-0.4, -0.2) is 0 Å². The van der Waals surface area contributed by atoms with Gasteiger partial charge in [0.1, 0.15) is 16.6 Å². The molecule has 21 heavy (non-hydrogen) atoms. The van der Waals surface area contributed by atoms with Crippen LogP contribution < -0.4 is 4.74 Å². The van der Waals surface area contributed by atoms with Crippen LogP contribution in [0.15, 0.2) is 42.5 Å². The highest BCUT2D eigenvalue weighted by Gasteiger charge is 2.40. The molecular formula is C16H11BrFNO2. The van der Waals surface area contributed by atoms with E-state index in [0.29, 0.717) is 5.75 Å². The van der Waals surface area contributed by atoms with Crippen LogP contribution in [0.3, 0.4) is 0 Å². The van der Waals surface area contributed by atoms with E-state index in [1.807, 2.05) is 30.3 Å². The molecule has 2 atom stereocenters. The predicted octanol–water partition coefficient (Wildman–Crippen LogP) is 4.37. The van der Waals surface area contributed by atoms with Crippen molar-refractivity contribution in [3.05, 3.63) is 65.0 Å². The average Bonchev–Trinajstić information content (AvgIpc) is 2.46. The molecule has 1 aliphatic rings. The Morgan fingerprint density at radius 1 is 1.29 bits per heavy atom. The third-order valence-electron chi connectivity index (χ3n) is 3.38. The summed E-state index contributed by atoms with van der Waals surface area (Å²) in [6, 6.07) is 13.6. The molecule has 0 aliphatic carbocycles. The van der Waals surface area contributed by atoms with E-state index in [1.54, 1.807) is 13.0 Å². The number of halogens is 2. The Balaban J connectivity index is 2.05. The van der Waals surface area contributed by atoms with Crippen molar-refractivity contribution in [2.45, 2.75) is 17.7 Å². The van der Waals surface area contributed by atoms with E-state index in [0.717, 1.165) is 5.56 Å².